The van der Waals surface area contributed by atoms with Gasteiger partial charge in [-0.1, -0.05) is 37.3 Å². The number of carbonyl (C=O) groups excluding carboxylic acids is 2. The number of carbonyl (C=O) groups is 2. The van der Waals surface area contributed by atoms with Crippen molar-refractivity contribution in [2.45, 2.75) is 44.2 Å². The summed E-state index contributed by atoms with van der Waals surface area (Å²) in [5, 5.41) is 5.34. The number of benzene rings is 2. The SMILES string of the molecule is CCc1cc(S(=O)(=O)N2CC(c3ccccc3)NC2=O)ccc1NC(=O)OC(C)C. The lowest BCUT2D eigenvalue weighted by atomic mass is 10.1. The average Bonchev–Trinajstić information content (AvgIpc) is 3.10. The zero-order chi connectivity index (χ0) is 21.9. The quantitative estimate of drug-likeness (QED) is 0.726. The van der Waals surface area contributed by atoms with Crippen LogP contribution in [0, 0.1) is 0 Å². The highest BCUT2D eigenvalue weighted by Gasteiger charge is 2.38. The number of hydrogen-bond acceptors (Lipinski definition) is 5. The molecule has 2 aromatic carbocycles. The fraction of sp³-hybridized carbons (Fsp3) is 0.333. The lowest BCUT2D eigenvalue weighted by Gasteiger charge is -2.18. The summed E-state index contributed by atoms with van der Waals surface area (Å²) in [7, 11) is -4.05. The minimum absolute atomic E-state index is 0.00730. The summed E-state index contributed by atoms with van der Waals surface area (Å²) in [6.07, 6.45) is -0.402. The van der Waals surface area contributed by atoms with Gasteiger partial charge in [-0.3, -0.25) is 5.32 Å². The number of aryl methyl sites for hydroxylation is 1. The summed E-state index contributed by atoms with van der Waals surface area (Å²) in [6.45, 7) is 5.33. The van der Waals surface area contributed by atoms with Gasteiger partial charge in [0.1, 0.15) is 0 Å². The lowest BCUT2D eigenvalue weighted by Crippen LogP contribution is -2.34. The van der Waals surface area contributed by atoms with Crippen molar-refractivity contribution in [2.24, 2.45) is 0 Å². The number of sulfonamides is 1. The maximum atomic E-state index is 13.1. The number of nitrogens with one attached hydrogen (secondary N) is 2. The van der Waals surface area contributed by atoms with Crippen LogP contribution in [-0.4, -0.2) is 37.5 Å². The summed E-state index contributed by atoms with van der Waals surface area (Å²) in [5.41, 5.74) is 1.92. The van der Waals surface area contributed by atoms with Gasteiger partial charge in [0, 0.05) is 5.69 Å². The lowest BCUT2D eigenvalue weighted by molar-refractivity contribution is 0.130. The Bertz CT molecular complexity index is 1040. The first-order chi connectivity index (χ1) is 14.2. The molecule has 3 amide bonds. The van der Waals surface area contributed by atoms with Crippen LogP contribution in [0.3, 0.4) is 0 Å². The van der Waals surface area contributed by atoms with Crippen LogP contribution in [0.25, 0.3) is 0 Å². The summed E-state index contributed by atoms with van der Waals surface area (Å²) < 4.78 is 32.2. The van der Waals surface area contributed by atoms with Crippen LogP contribution in [0.4, 0.5) is 15.3 Å². The molecule has 9 heteroatoms. The first kappa shape index (κ1) is 21.6. The van der Waals surface area contributed by atoms with Crippen molar-refractivity contribution >= 4 is 27.8 Å². The molecule has 0 bridgehead atoms. The highest BCUT2D eigenvalue weighted by Crippen LogP contribution is 2.28. The van der Waals surface area contributed by atoms with E-state index in [0.29, 0.717) is 17.7 Å². The number of nitrogens with zero attached hydrogens (tertiary/aromatic N) is 1. The van der Waals surface area contributed by atoms with E-state index in [0.717, 1.165) is 9.87 Å². The number of anilines is 1. The molecule has 2 aromatic rings. The molecule has 3 rings (SSSR count). The molecule has 2 N–H and O–H groups in total. The summed E-state index contributed by atoms with van der Waals surface area (Å²) in [6, 6.07) is 12.5. The summed E-state index contributed by atoms with van der Waals surface area (Å²) >= 11 is 0. The minimum Gasteiger partial charge on any atom is -0.447 e. The predicted octanol–water partition coefficient (Wildman–Crippen LogP) is 3.66. The minimum atomic E-state index is -4.05. The van der Waals surface area contributed by atoms with Gasteiger partial charge in [0.15, 0.2) is 0 Å². The molecule has 0 spiro atoms. The number of amides is 3. The third kappa shape index (κ3) is 4.56. The molecule has 160 valence electrons. The van der Waals surface area contributed by atoms with Gasteiger partial charge in [-0.25, -0.2) is 22.3 Å². The van der Waals surface area contributed by atoms with Crippen LogP contribution in [0.1, 0.15) is 37.9 Å². The van der Waals surface area contributed by atoms with E-state index in [1.165, 1.54) is 18.2 Å². The van der Waals surface area contributed by atoms with Crippen LogP contribution >= 0.6 is 0 Å². The van der Waals surface area contributed by atoms with Crippen molar-refractivity contribution in [3.63, 3.8) is 0 Å². The molecule has 1 saturated heterocycles. The maximum Gasteiger partial charge on any atom is 0.411 e. The summed E-state index contributed by atoms with van der Waals surface area (Å²) in [4.78, 5) is 24.3. The zero-order valence-electron chi connectivity index (χ0n) is 17.1. The van der Waals surface area contributed by atoms with Crippen LogP contribution in [-0.2, 0) is 21.2 Å². The van der Waals surface area contributed by atoms with E-state index in [2.05, 4.69) is 10.6 Å². The molecular formula is C21H25N3O5S. The van der Waals surface area contributed by atoms with Gasteiger partial charge < -0.3 is 10.1 Å². The second kappa shape index (κ2) is 8.74. The number of rotatable bonds is 6. The van der Waals surface area contributed by atoms with Crippen LogP contribution in [0.5, 0.6) is 0 Å². The Labute approximate surface area is 176 Å². The Morgan fingerprint density at radius 1 is 1.23 bits per heavy atom. The number of ether oxygens (including phenoxy) is 1. The Morgan fingerprint density at radius 2 is 1.93 bits per heavy atom. The smallest absolute Gasteiger partial charge is 0.411 e. The molecule has 1 unspecified atom stereocenters. The molecule has 1 heterocycles. The topological polar surface area (TPSA) is 105 Å². The molecule has 0 aliphatic carbocycles. The van der Waals surface area contributed by atoms with Crippen molar-refractivity contribution in [1.82, 2.24) is 9.62 Å². The van der Waals surface area contributed by atoms with Crippen molar-refractivity contribution in [2.75, 3.05) is 11.9 Å². The van der Waals surface area contributed by atoms with Gasteiger partial charge in [0.25, 0.3) is 10.0 Å². The predicted molar refractivity (Wildman–Crippen MR) is 113 cm³/mol. The van der Waals surface area contributed by atoms with Crippen molar-refractivity contribution in [3.8, 4) is 0 Å². The summed E-state index contributed by atoms with van der Waals surface area (Å²) in [5.74, 6) is 0. The van der Waals surface area contributed by atoms with Crippen LogP contribution in [0.2, 0.25) is 0 Å². The highest BCUT2D eigenvalue weighted by molar-refractivity contribution is 7.89. The van der Waals surface area contributed by atoms with Gasteiger partial charge in [0.2, 0.25) is 0 Å². The van der Waals surface area contributed by atoms with Crippen molar-refractivity contribution in [3.05, 3.63) is 59.7 Å². The van der Waals surface area contributed by atoms with E-state index in [1.807, 2.05) is 37.3 Å². The molecule has 0 radical (unpaired) electrons. The normalized spacial score (nSPS) is 16.5. The van der Waals surface area contributed by atoms with E-state index in [9.17, 15) is 18.0 Å². The fourth-order valence-electron chi connectivity index (χ4n) is 3.22. The first-order valence-corrected chi connectivity index (χ1v) is 11.1. The van der Waals surface area contributed by atoms with Crippen LogP contribution in [0.15, 0.2) is 53.4 Å². The monoisotopic (exact) mass is 431 g/mol. The maximum absolute atomic E-state index is 13.1. The fourth-order valence-corrected chi connectivity index (χ4v) is 4.62. The van der Waals surface area contributed by atoms with E-state index < -0.39 is 28.2 Å². The van der Waals surface area contributed by atoms with Crippen molar-refractivity contribution in [1.29, 1.82) is 0 Å². The molecule has 8 nitrogen and oxygen atoms in total. The standard InChI is InChI=1S/C21H25N3O5S/c1-4-15-12-17(10-11-18(15)23-21(26)29-14(2)3)30(27,28)24-13-19(22-20(24)25)16-8-6-5-7-9-16/h5-12,14,19H,4,13H2,1-3H3,(H,22,25)(H,23,26). The van der Waals surface area contributed by atoms with Crippen molar-refractivity contribution < 1.29 is 22.7 Å². The highest BCUT2D eigenvalue weighted by atomic mass is 32.2. The second-order valence-corrected chi connectivity index (χ2v) is 9.06. The van der Waals surface area contributed by atoms with Gasteiger partial charge in [0.05, 0.1) is 23.6 Å². The third-order valence-corrected chi connectivity index (χ3v) is 6.44. The van der Waals surface area contributed by atoms with Gasteiger partial charge in [-0.05, 0) is 49.6 Å². The van der Waals surface area contributed by atoms with Crippen LogP contribution < -0.4 is 10.6 Å². The molecule has 1 aliphatic rings. The van der Waals surface area contributed by atoms with Gasteiger partial charge in [-0.2, -0.15) is 0 Å². The van der Waals surface area contributed by atoms with Gasteiger partial charge >= 0.3 is 12.1 Å². The van der Waals surface area contributed by atoms with E-state index in [1.54, 1.807) is 13.8 Å². The Kier molecular flexibility index (Phi) is 6.31. The Morgan fingerprint density at radius 3 is 2.57 bits per heavy atom. The van der Waals surface area contributed by atoms with E-state index in [-0.39, 0.29) is 17.5 Å². The first-order valence-electron chi connectivity index (χ1n) is 9.71. The molecule has 30 heavy (non-hydrogen) atoms. The molecular weight excluding hydrogens is 406 g/mol. The Hall–Kier alpha value is -3.07. The zero-order valence-corrected chi connectivity index (χ0v) is 17.9. The molecule has 1 atom stereocenters. The molecule has 0 aromatic heterocycles. The average molecular weight is 432 g/mol. The largest absolute Gasteiger partial charge is 0.447 e. The number of urea groups is 1. The van der Waals surface area contributed by atoms with E-state index in [4.69, 9.17) is 4.74 Å². The molecule has 0 saturated carbocycles. The van der Waals surface area contributed by atoms with E-state index >= 15 is 0 Å². The number of hydrogen-bond donors (Lipinski definition) is 2. The molecule has 1 aliphatic heterocycles. The van der Waals surface area contributed by atoms with Gasteiger partial charge in [-0.15, -0.1) is 0 Å². The third-order valence-electron chi connectivity index (χ3n) is 4.70. The molecule has 1 fully saturated rings. The second-order valence-electron chi connectivity index (χ2n) is 7.20. The Balaban J connectivity index is 1.84.